The number of aliphatic hydroxyl groups is 1. The van der Waals surface area contributed by atoms with Crippen molar-refractivity contribution >= 4 is 23.2 Å². The zero-order valence-corrected chi connectivity index (χ0v) is 11.9. The van der Waals surface area contributed by atoms with Gasteiger partial charge in [-0.1, -0.05) is 0 Å². The molecule has 5 nitrogen and oxygen atoms in total. The molecular formula is C12H13F3N2O3S. The van der Waals surface area contributed by atoms with Crippen LogP contribution in [0.15, 0.2) is 11.4 Å². The van der Waals surface area contributed by atoms with E-state index in [1.807, 2.05) is 0 Å². The van der Waals surface area contributed by atoms with Gasteiger partial charge in [-0.25, -0.2) is 4.79 Å². The summed E-state index contributed by atoms with van der Waals surface area (Å²) in [5.41, 5.74) is -2.95. The highest BCUT2D eigenvalue weighted by molar-refractivity contribution is 7.10. The lowest BCUT2D eigenvalue weighted by Gasteiger charge is -2.44. The Bertz CT molecular complexity index is 587. The Morgan fingerprint density at radius 1 is 1.48 bits per heavy atom. The van der Waals surface area contributed by atoms with E-state index in [4.69, 9.17) is 0 Å². The average Bonchev–Trinajstić information content (AvgIpc) is 2.72. The summed E-state index contributed by atoms with van der Waals surface area (Å²) in [4.78, 5) is 23.7. The summed E-state index contributed by atoms with van der Waals surface area (Å²) in [5.74, 6) is -2.74. The van der Waals surface area contributed by atoms with Gasteiger partial charge in [0.1, 0.15) is 5.78 Å². The first kappa shape index (κ1) is 15.8. The minimum Gasteiger partial charge on any atom is -0.363 e. The number of halogens is 3. The molecule has 3 atom stereocenters. The Morgan fingerprint density at radius 2 is 2.10 bits per heavy atom. The molecule has 0 aromatic carbocycles. The monoisotopic (exact) mass is 322 g/mol. The average molecular weight is 322 g/mol. The number of carbonyl (C=O) groups is 2. The number of aryl methyl sites for hydroxylation is 1. The molecule has 0 aliphatic carbocycles. The molecule has 2 amide bonds. The standard InChI is InChI=1S/C12H13F3N2O3S/c1-5-3-4-21-9(5)8-7(6(2)18)11(20,12(13,14)15)17-10(19)16-8/h3-4,7-8,20H,1-2H3,(H2,16,17,19)/t7-,8-,11-/m0/s1. The minimum atomic E-state index is -5.18. The van der Waals surface area contributed by atoms with E-state index < -0.39 is 35.7 Å². The van der Waals surface area contributed by atoms with Gasteiger partial charge in [-0.2, -0.15) is 13.2 Å². The zero-order valence-electron chi connectivity index (χ0n) is 11.1. The van der Waals surface area contributed by atoms with Crippen LogP contribution in [0.1, 0.15) is 23.4 Å². The van der Waals surface area contributed by atoms with Crippen molar-refractivity contribution in [2.24, 2.45) is 5.92 Å². The van der Waals surface area contributed by atoms with Crippen molar-refractivity contribution in [1.29, 1.82) is 0 Å². The van der Waals surface area contributed by atoms with E-state index in [1.165, 1.54) is 5.32 Å². The Hall–Kier alpha value is -1.61. The van der Waals surface area contributed by atoms with Crippen molar-refractivity contribution in [2.75, 3.05) is 0 Å². The van der Waals surface area contributed by atoms with Crippen molar-refractivity contribution in [1.82, 2.24) is 10.6 Å². The molecule has 0 unspecified atom stereocenters. The Balaban J connectivity index is 2.57. The number of alkyl halides is 3. The topological polar surface area (TPSA) is 78.4 Å². The quantitative estimate of drug-likeness (QED) is 0.778. The van der Waals surface area contributed by atoms with E-state index >= 15 is 0 Å². The molecule has 2 rings (SSSR count). The zero-order chi connectivity index (χ0) is 16.0. The predicted molar refractivity (Wildman–Crippen MR) is 68.6 cm³/mol. The number of carbonyl (C=O) groups excluding carboxylic acids is 2. The van der Waals surface area contributed by atoms with Crippen molar-refractivity contribution in [2.45, 2.75) is 31.8 Å². The summed E-state index contributed by atoms with van der Waals surface area (Å²) in [6.07, 6.45) is -5.18. The van der Waals surface area contributed by atoms with E-state index in [0.29, 0.717) is 10.4 Å². The van der Waals surface area contributed by atoms with E-state index in [0.717, 1.165) is 18.3 Å². The normalized spacial score (nSPS) is 29.7. The maximum atomic E-state index is 13.2. The molecule has 1 aromatic heterocycles. The Labute approximate surface area is 122 Å². The molecule has 0 spiro atoms. The molecule has 1 aromatic rings. The van der Waals surface area contributed by atoms with E-state index in [2.05, 4.69) is 5.32 Å². The number of thiophene rings is 1. The summed E-state index contributed by atoms with van der Waals surface area (Å²) in [6, 6.07) is -0.745. The summed E-state index contributed by atoms with van der Waals surface area (Å²) < 4.78 is 39.6. The van der Waals surface area contributed by atoms with Crippen molar-refractivity contribution in [3.8, 4) is 0 Å². The minimum absolute atomic E-state index is 0.410. The molecule has 2 heterocycles. The third kappa shape index (κ3) is 2.51. The smallest absolute Gasteiger partial charge is 0.363 e. The fourth-order valence-electron chi connectivity index (χ4n) is 2.45. The second kappa shape index (κ2) is 4.99. The maximum absolute atomic E-state index is 13.2. The molecule has 21 heavy (non-hydrogen) atoms. The highest BCUT2D eigenvalue weighted by Gasteiger charge is 2.65. The molecule has 1 fully saturated rings. The molecule has 1 aliphatic rings. The molecule has 9 heteroatoms. The number of amides is 2. The highest BCUT2D eigenvalue weighted by atomic mass is 32.1. The number of urea groups is 1. The van der Waals surface area contributed by atoms with Crippen LogP contribution in [0.2, 0.25) is 0 Å². The Kier molecular flexibility index (Phi) is 3.75. The highest BCUT2D eigenvalue weighted by Crippen LogP contribution is 2.44. The lowest BCUT2D eigenvalue weighted by atomic mass is 9.81. The third-order valence-electron chi connectivity index (χ3n) is 3.43. The summed E-state index contributed by atoms with van der Waals surface area (Å²) >= 11 is 1.12. The van der Waals surface area contributed by atoms with Crippen molar-refractivity contribution in [3.05, 3.63) is 21.9 Å². The van der Waals surface area contributed by atoms with E-state index in [-0.39, 0.29) is 0 Å². The van der Waals surface area contributed by atoms with Crippen LogP contribution in [-0.2, 0) is 4.79 Å². The van der Waals surface area contributed by atoms with Crippen LogP contribution in [0, 0.1) is 12.8 Å². The SMILES string of the molecule is CC(=O)[C@H]1[C@@H](c2sccc2C)NC(=O)N[C@@]1(O)C(F)(F)F. The summed E-state index contributed by atoms with van der Waals surface area (Å²) in [7, 11) is 0. The first-order valence-corrected chi connectivity index (χ1v) is 6.88. The van der Waals surface area contributed by atoms with Gasteiger partial charge in [0.05, 0.1) is 12.0 Å². The van der Waals surface area contributed by atoms with Gasteiger partial charge in [-0.15, -0.1) is 11.3 Å². The molecule has 0 radical (unpaired) electrons. The molecule has 0 bridgehead atoms. The first-order chi connectivity index (χ1) is 9.58. The number of nitrogens with one attached hydrogen (secondary N) is 2. The van der Waals surface area contributed by atoms with Crippen LogP contribution in [-0.4, -0.2) is 28.8 Å². The van der Waals surface area contributed by atoms with Crippen LogP contribution < -0.4 is 10.6 Å². The van der Waals surface area contributed by atoms with Crippen LogP contribution >= 0.6 is 11.3 Å². The number of hydrogen-bond donors (Lipinski definition) is 3. The van der Waals surface area contributed by atoms with E-state index in [1.54, 1.807) is 18.4 Å². The van der Waals surface area contributed by atoms with Crippen LogP contribution in [0.25, 0.3) is 0 Å². The molecular weight excluding hydrogens is 309 g/mol. The second-order valence-electron chi connectivity index (χ2n) is 4.90. The second-order valence-corrected chi connectivity index (χ2v) is 5.84. The molecule has 116 valence electrons. The molecule has 0 saturated carbocycles. The predicted octanol–water partition coefficient (Wildman–Crippen LogP) is 1.87. The van der Waals surface area contributed by atoms with Gasteiger partial charge in [0, 0.05) is 4.88 Å². The van der Waals surface area contributed by atoms with Gasteiger partial charge in [-0.3, -0.25) is 4.79 Å². The molecule has 1 aliphatic heterocycles. The summed E-state index contributed by atoms with van der Waals surface area (Å²) in [6.45, 7) is 2.61. The van der Waals surface area contributed by atoms with Crippen LogP contribution in [0.4, 0.5) is 18.0 Å². The number of ketones is 1. The first-order valence-electron chi connectivity index (χ1n) is 6.00. The van der Waals surface area contributed by atoms with Gasteiger partial charge in [0.15, 0.2) is 0 Å². The van der Waals surface area contributed by atoms with Crippen LogP contribution in [0.3, 0.4) is 0 Å². The Morgan fingerprint density at radius 3 is 2.52 bits per heavy atom. The van der Waals surface area contributed by atoms with Crippen molar-refractivity contribution in [3.63, 3.8) is 0 Å². The maximum Gasteiger partial charge on any atom is 0.437 e. The summed E-state index contributed by atoms with van der Waals surface area (Å²) in [5, 5.41) is 15.3. The largest absolute Gasteiger partial charge is 0.437 e. The van der Waals surface area contributed by atoms with Gasteiger partial charge < -0.3 is 15.7 Å². The van der Waals surface area contributed by atoms with E-state index in [9.17, 15) is 27.9 Å². The number of Topliss-reactive ketones (excluding diaryl/α,β-unsaturated/α-hetero) is 1. The molecule has 3 N–H and O–H groups in total. The number of rotatable bonds is 2. The van der Waals surface area contributed by atoms with Gasteiger partial charge in [0.25, 0.3) is 0 Å². The lowest BCUT2D eigenvalue weighted by molar-refractivity contribution is -0.290. The van der Waals surface area contributed by atoms with Crippen LogP contribution in [0.5, 0.6) is 0 Å². The van der Waals surface area contributed by atoms with Gasteiger partial charge in [-0.05, 0) is 30.9 Å². The third-order valence-corrected chi connectivity index (χ3v) is 4.53. The van der Waals surface area contributed by atoms with Gasteiger partial charge >= 0.3 is 12.2 Å². The van der Waals surface area contributed by atoms with Gasteiger partial charge in [0.2, 0.25) is 5.72 Å². The molecule has 1 saturated heterocycles. The fourth-order valence-corrected chi connectivity index (χ4v) is 3.46. The fraction of sp³-hybridized carbons (Fsp3) is 0.500. The lowest BCUT2D eigenvalue weighted by Crippen LogP contribution is -2.72. The number of hydrogen-bond acceptors (Lipinski definition) is 4. The van der Waals surface area contributed by atoms with Crippen molar-refractivity contribution < 1.29 is 27.9 Å².